The largest absolute Gasteiger partial charge is 0.508 e. The molecule has 1 heterocycles. The Bertz CT molecular complexity index is 452. The Kier molecular flexibility index (Phi) is 1.40. The van der Waals surface area contributed by atoms with Gasteiger partial charge in [-0.25, -0.2) is 0 Å². The quantitative estimate of drug-likeness (QED) is 0.670. The van der Waals surface area contributed by atoms with Gasteiger partial charge in [0, 0.05) is 13.1 Å². The molecule has 0 bridgehead atoms. The summed E-state index contributed by atoms with van der Waals surface area (Å²) >= 11 is 0. The number of carbonyl (C=O) groups excluding carboxylic acids is 1. The van der Waals surface area contributed by atoms with Crippen molar-refractivity contribution in [2.75, 3.05) is 17.3 Å². The molecule has 0 saturated heterocycles. The molecule has 78 valence electrons. The van der Waals surface area contributed by atoms with Crippen molar-refractivity contribution in [3.63, 3.8) is 0 Å². The van der Waals surface area contributed by atoms with Crippen LogP contribution in [0.5, 0.6) is 5.75 Å². The number of benzene rings is 1. The van der Waals surface area contributed by atoms with E-state index in [0.717, 1.165) is 18.5 Å². The maximum absolute atomic E-state index is 11.8. The summed E-state index contributed by atoms with van der Waals surface area (Å²) in [4.78, 5) is 13.8. The molecule has 3 rings (SSSR count). The number of likely N-dealkylation sites (N-methyl/N-ethyl adjacent to an activating group) is 1. The van der Waals surface area contributed by atoms with Crippen LogP contribution in [0, 0.1) is 0 Å². The van der Waals surface area contributed by atoms with Crippen LogP contribution < -0.4 is 10.2 Å². The predicted octanol–water partition coefficient (Wildman–Crippen LogP) is 1.31. The molecule has 1 amide bonds. The molecule has 2 N–H and O–H groups in total. The summed E-state index contributed by atoms with van der Waals surface area (Å²) in [5.74, 6) is 0.220. The first kappa shape index (κ1) is 8.59. The number of carbonyl (C=O) groups is 1. The summed E-state index contributed by atoms with van der Waals surface area (Å²) in [5.41, 5.74) is 1.36. The zero-order valence-corrected chi connectivity index (χ0v) is 8.45. The number of nitrogens with one attached hydrogen (secondary N) is 1. The van der Waals surface area contributed by atoms with Crippen LogP contribution in [-0.2, 0) is 4.79 Å². The van der Waals surface area contributed by atoms with Crippen LogP contribution in [0.1, 0.15) is 12.8 Å². The Morgan fingerprint density at radius 3 is 2.87 bits per heavy atom. The van der Waals surface area contributed by atoms with E-state index in [2.05, 4.69) is 5.32 Å². The van der Waals surface area contributed by atoms with Crippen LogP contribution in [0.2, 0.25) is 0 Å². The highest BCUT2D eigenvalue weighted by Gasteiger charge is 2.56. The van der Waals surface area contributed by atoms with Crippen molar-refractivity contribution in [2.45, 2.75) is 18.4 Å². The fourth-order valence-corrected chi connectivity index (χ4v) is 2.22. The van der Waals surface area contributed by atoms with E-state index in [1.165, 1.54) is 0 Å². The minimum Gasteiger partial charge on any atom is -0.508 e. The third-order valence-corrected chi connectivity index (χ3v) is 3.38. The van der Waals surface area contributed by atoms with Crippen molar-refractivity contribution in [3.05, 3.63) is 18.2 Å². The highest BCUT2D eigenvalue weighted by atomic mass is 16.3. The molecule has 1 aliphatic heterocycles. The summed E-state index contributed by atoms with van der Waals surface area (Å²) in [6, 6.07) is 5.06. The van der Waals surface area contributed by atoms with Gasteiger partial charge < -0.3 is 15.3 Å². The van der Waals surface area contributed by atoms with Gasteiger partial charge in [-0.1, -0.05) is 0 Å². The summed E-state index contributed by atoms with van der Waals surface area (Å²) in [6.07, 6.45) is 1.82. The second kappa shape index (κ2) is 2.45. The van der Waals surface area contributed by atoms with Crippen LogP contribution >= 0.6 is 0 Å². The Labute approximate surface area is 87.5 Å². The number of nitrogens with zero attached hydrogens (tertiary/aromatic N) is 1. The summed E-state index contributed by atoms with van der Waals surface area (Å²) in [6.45, 7) is 0. The third-order valence-electron chi connectivity index (χ3n) is 3.38. The number of anilines is 2. The Balaban J connectivity index is 2.13. The van der Waals surface area contributed by atoms with Gasteiger partial charge in [0.1, 0.15) is 11.3 Å². The van der Waals surface area contributed by atoms with E-state index in [-0.39, 0.29) is 17.2 Å². The number of phenolic OH excluding ortho intramolecular Hbond substituents is 1. The van der Waals surface area contributed by atoms with Crippen LogP contribution in [0.25, 0.3) is 0 Å². The van der Waals surface area contributed by atoms with Crippen LogP contribution in [-0.4, -0.2) is 23.6 Å². The maximum atomic E-state index is 11.8. The molecule has 4 nitrogen and oxygen atoms in total. The molecular formula is C11H12N2O2. The number of fused-ring (bicyclic) bond motifs is 1. The summed E-state index contributed by atoms with van der Waals surface area (Å²) in [7, 11) is 1.93. The number of hydrogen-bond acceptors (Lipinski definition) is 3. The molecule has 0 unspecified atom stereocenters. The van der Waals surface area contributed by atoms with E-state index in [4.69, 9.17) is 0 Å². The van der Waals surface area contributed by atoms with Crippen LogP contribution in [0.3, 0.4) is 0 Å². The van der Waals surface area contributed by atoms with E-state index < -0.39 is 0 Å². The standard InChI is InChI=1S/C11H12N2O2/c1-13-9-3-2-7(14)6-8(9)12-10(15)11(13)4-5-11/h2-3,6,14H,4-5H2,1H3,(H,12,15). The number of phenols is 1. The third kappa shape index (κ3) is 0.988. The van der Waals surface area contributed by atoms with Crippen LogP contribution in [0.4, 0.5) is 11.4 Å². The predicted molar refractivity (Wildman–Crippen MR) is 57.1 cm³/mol. The summed E-state index contributed by atoms with van der Waals surface area (Å²) < 4.78 is 0. The molecule has 1 fully saturated rings. The average Bonchev–Trinajstić information content (AvgIpc) is 2.96. The van der Waals surface area contributed by atoms with Gasteiger partial charge in [0.05, 0.1) is 11.4 Å². The molecule has 1 saturated carbocycles. The Morgan fingerprint density at radius 1 is 1.47 bits per heavy atom. The van der Waals surface area contributed by atoms with E-state index in [1.54, 1.807) is 12.1 Å². The summed E-state index contributed by atoms with van der Waals surface area (Å²) in [5, 5.41) is 12.2. The van der Waals surface area contributed by atoms with Gasteiger partial charge >= 0.3 is 0 Å². The molecule has 0 atom stereocenters. The van der Waals surface area contributed by atoms with Gasteiger partial charge in [-0.3, -0.25) is 4.79 Å². The molecule has 4 heteroatoms. The lowest BCUT2D eigenvalue weighted by molar-refractivity contribution is -0.118. The molecule has 0 radical (unpaired) electrons. The Hall–Kier alpha value is -1.71. The van der Waals surface area contributed by atoms with E-state index in [1.807, 2.05) is 18.0 Å². The van der Waals surface area contributed by atoms with Gasteiger partial charge in [0.15, 0.2) is 0 Å². The fraction of sp³-hybridized carbons (Fsp3) is 0.364. The SMILES string of the molecule is CN1c2ccc(O)cc2NC(=O)C12CC2. The van der Waals surface area contributed by atoms with Crippen molar-refractivity contribution in [1.82, 2.24) is 0 Å². The molecule has 15 heavy (non-hydrogen) atoms. The molecular weight excluding hydrogens is 192 g/mol. The number of amides is 1. The molecule has 1 aromatic carbocycles. The number of hydrogen-bond donors (Lipinski definition) is 2. The van der Waals surface area contributed by atoms with E-state index >= 15 is 0 Å². The van der Waals surface area contributed by atoms with Gasteiger partial charge in [-0.15, -0.1) is 0 Å². The number of aromatic hydroxyl groups is 1. The minimum atomic E-state index is -0.316. The van der Waals surface area contributed by atoms with Gasteiger partial charge in [0.25, 0.3) is 0 Å². The zero-order valence-electron chi connectivity index (χ0n) is 8.45. The monoisotopic (exact) mass is 204 g/mol. The van der Waals surface area contributed by atoms with Gasteiger partial charge in [-0.05, 0) is 25.0 Å². The minimum absolute atomic E-state index is 0.0445. The molecule has 1 spiro atoms. The van der Waals surface area contributed by atoms with E-state index in [0.29, 0.717) is 5.69 Å². The molecule has 0 aromatic heterocycles. The molecule has 1 aliphatic carbocycles. The van der Waals surface area contributed by atoms with Gasteiger partial charge in [0.2, 0.25) is 5.91 Å². The van der Waals surface area contributed by atoms with Crippen molar-refractivity contribution >= 4 is 17.3 Å². The first-order chi connectivity index (χ1) is 7.13. The van der Waals surface area contributed by atoms with Crippen molar-refractivity contribution in [1.29, 1.82) is 0 Å². The van der Waals surface area contributed by atoms with Crippen molar-refractivity contribution in [2.24, 2.45) is 0 Å². The highest BCUT2D eigenvalue weighted by Crippen LogP contribution is 2.49. The topological polar surface area (TPSA) is 52.6 Å². The smallest absolute Gasteiger partial charge is 0.250 e. The lowest BCUT2D eigenvalue weighted by Crippen LogP contribution is -2.48. The van der Waals surface area contributed by atoms with Crippen molar-refractivity contribution in [3.8, 4) is 5.75 Å². The normalized spacial score (nSPS) is 21.1. The highest BCUT2D eigenvalue weighted by molar-refractivity contribution is 6.08. The second-order valence-corrected chi connectivity index (χ2v) is 4.25. The lowest BCUT2D eigenvalue weighted by atomic mass is 10.1. The van der Waals surface area contributed by atoms with Crippen molar-refractivity contribution < 1.29 is 9.90 Å². The fourth-order valence-electron chi connectivity index (χ4n) is 2.22. The first-order valence-electron chi connectivity index (χ1n) is 5.02. The van der Waals surface area contributed by atoms with Gasteiger partial charge in [-0.2, -0.15) is 0 Å². The number of rotatable bonds is 0. The molecule has 1 aromatic rings. The zero-order chi connectivity index (χ0) is 10.6. The maximum Gasteiger partial charge on any atom is 0.250 e. The average molecular weight is 204 g/mol. The Morgan fingerprint density at radius 2 is 2.20 bits per heavy atom. The van der Waals surface area contributed by atoms with Crippen LogP contribution in [0.15, 0.2) is 18.2 Å². The van der Waals surface area contributed by atoms with E-state index in [9.17, 15) is 9.90 Å². The molecule has 2 aliphatic rings. The second-order valence-electron chi connectivity index (χ2n) is 4.25. The first-order valence-corrected chi connectivity index (χ1v) is 5.02. The lowest BCUT2D eigenvalue weighted by Gasteiger charge is -2.35.